The Labute approximate surface area is 162 Å². The first-order valence-corrected chi connectivity index (χ1v) is 9.49. The highest BCUT2D eigenvalue weighted by Crippen LogP contribution is 2.28. The molecule has 0 aliphatic heterocycles. The third kappa shape index (κ3) is 4.46. The van der Waals surface area contributed by atoms with Gasteiger partial charge in [-0.2, -0.15) is 0 Å². The molecule has 0 spiro atoms. The standard InChI is InChI=1S/C21H21N3O2S/c1-14(25)17-10-7-11-18(12-17)23-20(26)15(2)27-21-22-13-19(24(21)3)16-8-5-4-6-9-16/h4-13,15H,1-3H3,(H,23,26)/t15-/m1/s1. The van der Waals surface area contributed by atoms with Gasteiger partial charge in [0.15, 0.2) is 10.9 Å². The molecule has 5 nitrogen and oxygen atoms in total. The smallest absolute Gasteiger partial charge is 0.237 e. The van der Waals surface area contributed by atoms with Crippen LogP contribution in [0.4, 0.5) is 5.69 Å². The summed E-state index contributed by atoms with van der Waals surface area (Å²) in [6.45, 7) is 3.34. The number of hydrogen-bond donors (Lipinski definition) is 1. The molecule has 0 fully saturated rings. The van der Waals surface area contributed by atoms with E-state index in [2.05, 4.69) is 10.3 Å². The molecule has 6 heteroatoms. The van der Waals surface area contributed by atoms with Gasteiger partial charge in [0.1, 0.15) is 0 Å². The second-order valence-electron chi connectivity index (χ2n) is 6.24. The molecule has 2 aromatic carbocycles. The molecule has 138 valence electrons. The molecule has 1 aromatic heterocycles. The van der Waals surface area contributed by atoms with Gasteiger partial charge in [0.25, 0.3) is 0 Å². The average molecular weight is 379 g/mol. The Morgan fingerprint density at radius 2 is 1.85 bits per heavy atom. The van der Waals surface area contributed by atoms with Crippen molar-refractivity contribution in [3.8, 4) is 11.3 Å². The van der Waals surface area contributed by atoms with E-state index in [0.29, 0.717) is 11.3 Å². The molecule has 3 aromatic rings. The number of rotatable bonds is 6. The highest BCUT2D eigenvalue weighted by Gasteiger charge is 2.18. The van der Waals surface area contributed by atoms with Crippen LogP contribution in [0.15, 0.2) is 66.0 Å². The van der Waals surface area contributed by atoms with E-state index in [0.717, 1.165) is 16.4 Å². The van der Waals surface area contributed by atoms with Crippen molar-refractivity contribution in [1.29, 1.82) is 0 Å². The Hall–Kier alpha value is -2.86. The maximum atomic E-state index is 12.5. The zero-order valence-corrected chi connectivity index (χ0v) is 16.3. The Bertz CT molecular complexity index is 967. The molecule has 0 aliphatic rings. The summed E-state index contributed by atoms with van der Waals surface area (Å²) in [5.74, 6) is -0.167. The van der Waals surface area contributed by atoms with Crippen molar-refractivity contribution in [3.05, 3.63) is 66.4 Å². The van der Waals surface area contributed by atoms with Gasteiger partial charge in [-0.25, -0.2) is 4.98 Å². The SMILES string of the molecule is CC(=O)c1cccc(NC(=O)[C@@H](C)Sc2ncc(-c3ccccc3)n2C)c1. The number of benzene rings is 2. The maximum Gasteiger partial charge on any atom is 0.237 e. The number of anilines is 1. The Morgan fingerprint density at radius 1 is 1.11 bits per heavy atom. The largest absolute Gasteiger partial charge is 0.325 e. The van der Waals surface area contributed by atoms with Crippen LogP contribution < -0.4 is 5.32 Å². The van der Waals surface area contributed by atoms with E-state index in [1.807, 2.05) is 55.1 Å². The fraction of sp³-hybridized carbons (Fsp3) is 0.190. The molecule has 27 heavy (non-hydrogen) atoms. The number of ketones is 1. The summed E-state index contributed by atoms with van der Waals surface area (Å²) in [6.07, 6.45) is 1.82. The van der Waals surface area contributed by atoms with Crippen molar-refractivity contribution in [2.75, 3.05) is 5.32 Å². The van der Waals surface area contributed by atoms with E-state index < -0.39 is 0 Å². The maximum absolute atomic E-state index is 12.5. The molecule has 1 amide bonds. The Balaban J connectivity index is 1.69. The van der Waals surface area contributed by atoms with Gasteiger partial charge in [-0.05, 0) is 31.5 Å². The van der Waals surface area contributed by atoms with Crippen LogP contribution in [0.5, 0.6) is 0 Å². The summed E-state index contributed by atoms with van der Waals surface area (Å²) in [4.78, 5) is 28.5. The van der Waals surface area contributed by atoms with Gasteiger partial charge in [-0.3, -0.25) is 9.59 Å². The summed E-state index contributed by atoms with van der Waals surface area (Å²) in [5, 5.41) is 3.30. The molecule has 1 N–H and O–H groups in total. The molecule has 3 rings (SSSR count). The van der Waals surface area contributed by atoms with E-state index in [4.69, 9.17) is 0 Å². The topological polar surface area (TPSA) is 64.0 Å². The average Bonchev–Trinajstić information content (AvgIpc) is 3.03. The van der Waals surface area contributed by atoms with Crippen molar-refractivity contribution >= 4 is 29.1 Å². The summed E-state index contributed by atoms with van der Waals surface area (Å²) < 4.78 is 1.99. The predicted molar refractivity (Wildman–Crippen MR) is 109 cm³/mol. The number of aromatic nitrogens is 2. The number of imidazole rings is 1. The number of amides is 1. The Morgan fingerprint density at radius 3 is 2.56 bits per heavy atom. The Kier molecular flexibility index (Phi) is 5.76. The first-order valence-electron chi connectivity index (χ1n) is 8.61. The minimum absolute atomic E-state index is 0.0324. The highest BCUT2D eigenvalue weighted by molar-refractivity contribution is 8.00. The second-order valence-corrected chi connectivity index (χ2v) is 7.55. The molecular weight excluding hydrogens is 358 g/mol. The van der Waals surface area contributed by atoms with Crippen molar-refractivity contribution in [1.82, 2.24) is 9.55 Å². The summed E-state index contributed by atoms with van der Waals surface area (Å²) in [7, 11) is 1.94. The number of carbonyl (C=O) groups excluding carboxylic acids is 2. The molecule has 0 bridgehead atoms. The third-order valence-corrected chi connectivity index (χ3v) is 5.36. The molecule has 0 saturated carbocycles. The minimum Gasteiger partial charge on any atom is -0.325 e. The number of carbonyl (C=O) groups is 2. The van der Waals surface area contributed by atoms with Crippen LogP contribution in [0.3, 0.4) is 0 Å². The van der Waals surface area contributed by atoms with Crippen molar-refractivity contribution in [3.63, 3.8) is 0 Å². The van der Waals surface area contributed by atoms with Crippen LogP contribution in [-0.4, -0.2) is 26.5 Å². The fourth-order valence-electron chi connectivity index (χ4n) is 2.65. The second kappa shape index (κ2) is 8.22. The van der Waals surface area contributed by atoms with Crippen molar-refractivity contribution < 1.29 is 9.59 Å². The van der Waals surface area contributed by atoms with Gasteiger partial charge in [0.05, 0.1) is 17.1 Å². The van der Waals surface area contributed by atoms with Crippen LogP contribution in [0.25, 0.3) is 11.3 Å². The molecular formula is C21H21N3O2S. The van der Waals surface area contributed by atoms with Gasteiger partial charge in [0, 0.05) is 18.3 Å². The lowest BCUT2D eigenvalue weighted by Crippen LogP contribution is -2.23. The van der Waals surface area contributed by atoms with Gasteiger partial charge in [0.2, 0.25) is 5.91 Å². The number of Topliss-reactive ketones (excluding diaryl/α,β-unsaturated/α-hetero) is 1. The van der Waals surface area contributed by atoms with E-state index in [-0.39, 0.29) is 16.9 Å². The van der Waals surface area contributed by atoms with Crippen LogP contribution in [0.2, 0.25) is 0 Å². The zero-order chi connectivity index (χ0) is 19.4. The molecule has 0 radical (unpaired) electrons. The molecule has 0 unspecified atom stereocenters. The minimum atomic E-state index is -0.337. The monoisotopic (exact) mass is 379 g/mol. The van der Waals surface area contributed by atoms with Crippen LogP contribution in [0.1, 0.15) is 24.2 Å². The van der Waals surface area contributed by atoms with Gasteiger partial charge in [-0.1, -0.05) is 54.2 Å². The predicted octanol–water partition coefficient (Wildman–Crippen LogP) is 4.41. The van der Waals surface area contributed by atoms with Crippen LogP contribution >= 0.6 is 11.8 Å². The van der Waals surface area contributed by atoms with E-state index in [9.17, 15) is 9.59 Å². The van der Waals surface area contributed by atoms with Gasteiger partial charge >= 0.3 is 0 Å². The number of nitrogens with one attached hydrogen (secondary N) is 1. The molecule has 0 saturated heterocycles. The molecule has 0 aliphatic carbocycles. The van der Waals surface area contributed by atoms with Gasteiger partial charge < -0.3 is 9.88 Å². The van der Waals surface area contributed by atoms with E-state index in [1.54, 1.807) is 24.3 Å². The lowest BCUT2D eigenvalue weighted by molar-refractivity contribution is -0.115. The first-order chi connectivity index (χ1) is 13.0. The quantitative estimate of drug-likeness (QED) is 0.509. The number of thioether (sulfide) groups is 1. The lowest BCUT2D eigenvalue weighted by Gasteiger charge is -2.13. The van der Waals surface area contributed by atoms with Crippen LogP contribution in [0, 0.1) is 0 Å². The summed E-state index contributed by atoms with van der Waals surface area (Å²) in [5.41, 5.74) is 3.27. The third-order valence-electron chi connectivity index (χ3n) is 4.20. The zero-order valence-electron chi connectivity index (χ0n) is 15.5. The normalized spacial score (nSPS) is 11.8. The van der Waals surface area contributed by atoms with Crippen LogP contribution in [-0.2, 0) is 11.8 Å². The number of hydrogen-bond acceptors (Lipinski definition) is 4. The number of nitrogens with zero attached hydrogens (tertiary/aromatic N) is 2. The van der Waals surface area contributed by atoms with Crippen molar-refractivity contribution in [2.45, 2.75) is 24.3 Å². The summed E-state index contributed by atoms with van der Waals surface area (Å²) in [6, 6.07) is 17.0. The molecule has 1 heterocycles. The van der Waals surface area contributed by atoms with Gasteiger partial charge in [-0.15, -0.1) is 0 Å². The molecule has 1 atom stereocenters. The first kappa shape index (κ1) is 18.9. The van der Waals surface area contributed by atoms with E-state index in [1.165, 1.54) is 18.7 Å². The van der Waals surface area contributed by atoms with Crippen molar-refractivity contribution in [2.24, 2.45) is 7.05 Å². The highest BCUT2D eigenvalue weighted by atomic mass is 32.2. The summed E-state index contributed by atoms with van der Waals surface area (Å²) >= 11 is 1.40. The van der Waals surface area contributed by atoms with E-state index >= 15 is 0 Å². The fourth-order valence-corrected chi connectivity index (χ4v) is 3.50. The lowest BCUT2D eigenvalue weighted by atomic mass is 10.1.